The van der Waals surface area contributed by atoms with E-state index in [1.807, 2.05) is 0 Å². The second-order valence-corrected chi connectivity index (χ2v) is 6.03. The van der Waals surface area contributed by atoms with Gasteiger partial charge < -0.3 is 4.74 Å². The van der Waals surface area contributed by atoms with Crippen molar-refractivity contribution in [3.8, 4) is 5.75 Å². The number of hydrogen-bond donors (Lipinski definition) is 0. The van der Waals surface area contributed by atoms with E-state index in [2.05, 4.69) is 62.4 Å². The van der Waals surface area contributed by atoms with Gasteiger partial charge in [0.15, 0.2) is 0 Å². The highest BCUT2D eigenvalue weighted by atomic mass is 16.5. The number of ether oxygens (including phenoxy) is 1. The van der Waals surface area contributed by atoms with Crippen molar-refractivity contribution in [2.24, 2.45) is 5.92 Å². The first-order valence-corrected chi connectivity index (χ1v) is 7.39. The molecule has 1 saturated carbocycles. The number of benzene rings is 2. The van der Waals surface area contributed by atoms with E-state index in [1.54, 1.807) is 7.11 Å². The van der Waals surface area contributed by atoms with Gasteiger partial charge in [0.25, 0.3) is 0 Å². The smallest absolute Gasteiger partial charge is 0.118 e. The molecule has 0 aliphatic heterocycles. The molecule has 2 aromatic carbocycles. The van der Waals surface area contributed by atoms with Gasteiger partial charge in [0.1, 0.15) is 5.75 Å². The van der Waals surface area contributed by atoms with Crippen molar-refractivity contribution in [3.05, 3.63) is 65.2 Å². The van der Waals surface area contributed by atoms with Crippen molar-refractivity contribution in [3.63, 3.8) is 0 Å². The molecule has 0 bridgehead atoms. The lowest BCUT2D eigenvalue weighted by Gasteiger charge is -2.44. The zero-order valence-corrected chi connectivity index (χ0v) is 12.5. The van der Waals surface area contributed by atoms with Crippen LogP contribution in [0.5, 0.6) is 5.75 Å². The van der Waals surface area contributed by atoms with E-state index in [0.29, 0.717) is 11.8 Å². The van der Waals surface area contributed by atoms with Crippen molar-refractivity contribution < 1.29 is 4.74 Å². The molecule has 0 spiro atoms. The Morgan fingerprint density at radius 2 is 1.50 bits per heavy atom. The van der Waals surface area contributed by atoms with E-state index in [-0.39, 0.29) is 0 Å². The quantitative estimate of drug-likeness (QED) is 0.767. The topological polar surface area (TPSA) is 9.23 Å². The van der Waals surface area contributed by atoms with Crippen LogP contribution in [0, 0.1) is 12.8 Å². The molecule has 0 aromatic heterocycles. The van der Waals surface area contributed by atoms with E-state index in [0.717, 1.165) is 11.7 Å². The van der Waals surface area contributed by atoms with Gasteiger partial charge in [0.2, 0.25) is 0 Å². The average Bonchev–Trinajstić information content (AvgIpc) is 2.46. The minimum atomic E-state index is 0.642. The maximum Gasteiger partial charge on any atom is 0.118 e. The molecule has 104 valence electrons. The summed E-state index contributed by atoms with van der Waals surface area (Å²) in [5.41, 5.74) is 4.26. The predicted octanol–water partition coefficient (Wildman–Crippen LogP) is 4.91. The van der Waals surface area contributed by atoms with Gasteiger partial charge in [0.05, 0.1) is 7.11 Å². The largest absolute Gasteiger partial charge is 0.497 e. The van der Waals surface area contributed by atoms with Crippen LogP contribution in [0.1, 0.15) is 41.9 Å². The molecule has 0 saturated heterocycles. The van der Waals surface area contributed by atoms with Crippen LogP contribution in [0.25, 0.3) is 0 Å². The molecule has 3 rings (SSSR count). The Hall–Kier alpha value is -1.76. The van der Waals surface area contributed by atoms with E-state index < -0.39 is 0 Å². The van der Waals surface area contributed by atoms with Crippen molar-refractivity contribution in [1.82, 2.24) is 0 Å². The van der Waals surface area contributed by atoms with Crippen molar-refractivity contribution in [2.45, 2.75) is 32.1 Å². The first-order chi connectivity index (χ1) is 9.69. The Morgan fingerprint density at radius 1 is 0.900 bits per heavy atom. The predicted molar refractivity (Wildman–Crippen MR) is 83.4 cm³/mol. The number of hydrogen-bond acceptors (Lipinski definition) is 1. The fraction of sp³-hybridized carbons (Fsp3) is 0.368. The first kappa shape index (κ1) is 13.2. The molecule has 20 heavy (non-hydrogen) atoms. The Bertz CT molecular complexity index is 568. The van der Waals surface area contributed by atoms with Gasteiger partial charge in [-0.05, 0) is 54.4 Å². The second kappa shape index (κ2) is 5.32. The summed E-state index contributed by atoms with van der Waals surface area (Å²) in [5, 5.41) is 0. The molecular weight excluding hydrogens is 244 g/mol. The molecule has 1 aliphatic carbocycles. The minimum absolute atomic E-state index is 0.642. The summed E-state index contributed by atoms with van der Waals surface area (Å²) < 4.78 is 5.25. The normalized spacial score (nSPS) is 25.1. The number of rotatable bonds is 3. The fourth-order valence-electron chi connectivity index (χ4n) is 3.44. The van der Waals surface area contributed by atoms with Crippen LogP contribution in [0.2, 0.25) is 0 Å². The fourth-order valence-corrected chi connectivity index (χ4v) is 3.44. The third-order valence-corrected chi connectivity index (χ3v) is 4.68. The van der Waals surface area contributed by atoms with Crippen molar-refractivity contribution in [2.75, 3.05) is 7.11 Å². The molecule has 0 unspecified atom stereocenters. The van der Waals surface area contributed by atoms with Gasteiger partial charge in [-0.15, -0.1) is 0 Å². The summed E-state index contributed by atoms with van der Waals surface area (Å²) in [7, 11) is 1.72. The van der Waals surface area contributed by atoms with Crippen molar-refractivity contribution >= 4 is 0 Å². The molecule has 0 heterocycles. The molecule has 2 aromatic rings. The molecule has 3 atom stereocenters. The monoisotopic (exact) mass is 266 g/mol. The summed E-state index contributed by atoms with van der Waals surface area (Å²) in [6.45, 7) is 4.51. The van der Waals surface area contributed by atoms with E-state index in [1.165, 1.54) is 23.1 Å². The first-order valence-electron chi connectivity index (χ1n) is 7.39. The summed E-state index contributed by atoms with van der Waals surface area (Å²) in [5.74, 6) is 3.00. The Labute approximate surface area is 121 Å². The van der Waals surface area contributed by atoms with Gasteiger partial charge >= 0.3 is 0 Å². The highest BCUT2D eigenvalue weighted by Crippen LogP contribution is 2.53. The van der Waals surface area contributed by atoms with Gasteiger partial charge in [-0.25, -0.2) is 0 Å². The Kier molecular flexibility index (Phi) is 3.52. The van der Waals surface area contributed by atoms with E-state index in [9.17, 15) is 0 Å². The molecule has 1 heteroatoms. The number of methoxy groups -OCH3 is 1. The van der Waals surface area contributed by atoms with Gasteiger partial charge in [-0.3, -0.25) is 0 Å². The molecular formula is C19H22O. The zero-order chi connectivity index (χ0) is 14.1. The summed E-state index contributed by atoms with van der Waals surface area (Å²) >= 11 is 0. The van der Waals surface area contributed by atoms with Crippen molar-refractivity contribution in [1.29, 1.82) is 0 Å². The van der Waals surface area contributed by atoms with Crippen LogP contribution in [-0.2, 0) is 0 Å². The molecule has 1 fully saturated rings. The zero-order valence-electron chi connectivity index (χ0n) is 12.5. The summed E-state index contributed by atoms with van der Waals surface area (Å²) in [6, 6.07) is 17.6. The second-order valence-electron chi connectivity index (χ2n) is 6.03. The van der Waals surface area contributed by atoms with Crippen LogP contribution >= 0.6 is 0 Å². The van der Waals surface area contributed by atoms with Crippen LogP contribution in [0.3, 0.4) is 0 Å². The van der Waals surface area contributed by atoms with Crippen LogP contribution in [0.4, 0.5) is 0 Å². The average molecular weight is 266 g/mol. The lowest BCUT2D eigenvalue weighted by atomic mass is 9.60. The Morgan fingerprint density at radius 3 is 2.05 bits per heavy atom. The SMILES string of the molecule is COc1ccc([C@@H]2[C@@H](C)C[C@H]2c2ccc(C)cc2)cc1. The van der Waals surface area contributed by atoms with E-state index in [4.69, 9.17) is 4.74 Å². The lowest BCUT2D eigenvalue weighted by Crippen LogP contribution is -2.30. The Balaban J connectivity index is 1.85. The minimum Gasteiger partial charge on any atom is -0.497 e. The van der Waals surface area contributed by atoms with Crippen LogP contribution in [0.15, 0.2) is 48.5 Å². The van der Waals surface area contributed by atoms with Crippen LogP contribution in [-0.4, -0.2) is 7.11 Å². The molecule has 0 radical (unpaired) electrons. The summed E-state index contributed by atoms with van der Waals surface area (Å²) in [4.78, 5) is 0. The third kappa shape index (κ3) is 2.33. The summed E-state index contributed by atoms with van der Waals surface area (Å²) in [6.07, 6.45) is 1.29. The van der Waals surface area contributed by atoms with E-state index >= 15 is 0 Å². The highest BCUT2D eigenvalue weighted by Gasteiger charge is 2.39. The highest BCUT2D eigenvalue weighted by molar-refractivity contribution is 5.37. The maximum absolute atomic E-state index is 5.25. The van der Waals surface area contributed by atoms with Gasteiger partial charge in [0, 0.05) is 0 Å². The molecule has 0 amide bonds. The van der Waals surface area contributed by atoms with Gasteiger partial charge in [-0.2, -0.15) is 0 Å². The maximum atomic E-state index is 5.25. The number of aryl methyl sites for hydroxylation is 1. The molecule has 0 N–H and O–H groups in total. The standard InChI is InChI=1S/C19H22O/c1-13-4-6-15(7-5-13)18-12-14(2)19(18)16-8-10-17(20-3)11-9-16/h4-11,14,18-19H,12H2,1-3H3/t14-,18-,19-/m0/s1. The van der Waals surface area contributed by atoms with Crippen LogP contribution < -0.4 is 4.74 Å². The molecule has 1 nitrogen and oxygen atoms in total. The third-order valence-electron chi connectivity index (χ3n) is 4.68. The molecule has 1 aliphatic rings. The lowest BCUT2D eigenvalue weighted by molar-refractivity contribution is 0.227. The van der Waals surface area contributed by atoms with Gasteiger partial charge in [-0.1, -0.05) is 48.9 Å².